The van der Waals surface area contributed by atoms with Crippen molar-refractivity contribution in [3.05, 3.63) is 71.8 Å². The second kappa shape index (κ2) is 12.2. The van der Waals surface area contributed by atoms with E-state index in [0.717, 1.165) is 45.0 Å². The van der Waals surface area contributed by atoms with Gasteiger partial charge in [-0.15, -0.1) is 0 Å². The van der Waals surface area contributed by atoms with Crippen LogP contribution in [0.1, 0.15) is 59.6 Å². The molecule has 0 amide bonds. The third-order valence-electron chi connectivity index (χ3n) is 7.60. The number of pyridine rings is 1. The third-order valence-corrected chi connectivity index (χ3v) is 9.25. The number of hydrogen-bond donors (Lipinski definition) is 0. The SMILES string of the molecule is C.CCN1C2=NC=CCC(C)=C2n2ccnc2-c2cc(CCOc3cccc4c3CS(=O)(=O)N4CC(=O)OC(C)(C)C)cnc21. The summed E-state index contributed by atoms with van der Waals surface area (Å²) >= 11 is 0. The molecular formula is C33H40N6O5S. The van der Waals surface area contributed by atoms with Crippen molar-refractivity contribution in [3.63, 3.8) is 0 Å². The van der Waals surface area contributed by atoms with Crippen LogP contribution in [-0.2, 0) is 31.7 Å². The predicted octanol–water partition coefficient (Wildman–Crippen LogP) is 5.58. The number of fused-ring (bicyclic) bond motifs is 6. The minimum absolute atomic E-state index is 0. The summed E-state index contributed by atoms with van der Waals surface area (Å²) in [7, 11) is -3.75. The fraction of sp³-hybridized carbons (Fsp3) is 0.394. The van der Waals surface area contributed by atoms with Gasteiger partial charge in [-0.25, -0.2) is 23.4 Å². The minimum Gasteiger partial charge on any atom is -0.493 e. The number of aromatic nitrogens is 3. The molecular weight excluding hydrogens is 592 g/mol. The van der Waals surface area contributed by atoms with Gasteiger partial charge in [-0.2, -0.15) is 0 Å². The number of likely N-dealkylation sites (N-methyl/N-ethyl adjacent to an activating group) is 1. The molecule has 0 fully saturated rings. The molecule has 45 heavy (non-hydrogen) atoms. The molecule has 1 aromatic carbocycles. The molecule has 0 saturated carbocycles. The number of esters is 1. The second-order valence-electron chi connectivity index (χ2n) is 12.0. The lowest BCUT2D eigenvalue weighted by molar-refractivity contribution is -0.152. The average Bonchev–Trinajstić information content (AvgIpc) is 3.43. The Morgan fingerprint density at radius 3 is 2.71 bits per heavy atom. The Morgan fingerprint density at radius 1 is 1.16 bits per heavy atom. The number of imidazole rings is 1. The van der Waals surface area contributed by atoms with Crippen LogP contribution in [0.4, 0.5) is 11.5 Å². The quantitative estimate of drug-likeness (QED) is 0.310. The monoisotopic (exact) mass is 632 g/mol. The minimum atomic E-state index is -3.75. The maximum atomic E-state index is 13.0. The number of amidine groups is 1. The van der Waals surface area contributed by atoms with Gasteiger partial charge in [0.2, 0.25) is 10.0 Å². The van der Waals surface area contributed by atoms with Crippen molar-refractivity contribution in [2.75, 3.05) is 28.9 Å². The molecule has 3 aromatic rings. The van der Waals surface area contributed by atoms with Gasteiger partial charge in [-0.1, -0.05) is 19.6 Å². The van der Waals surface area contributed by atoms with Crippen LogP contribution in [0.15, 0.2) is 65.7 Å². The summed E-state index contributed by atoms with van der Waals surface area (Å²) in [5.41, 5.74) is 4.32. The van der Waals surface area contributed by atoms with E-state index in [4.69, 9.17) is 24.4 Å². The van der Waals surface area contributed by atoms with Gasteiger partial charge < -0.3 is 14.4 Å². The third kappa shape index (κ3) is 6.11. The van der Waals surface area contributed by atoms with Crippen LogP contribution in [-0.4, -0.2) is 60.1 Å². The zero-order valence-electron chi connectivity index (χ0n) is 25.6. The lowest BCUT2D eigenvalue weighted by Crippen LogP contribution is -2.36. The molecule has 3 aliphatic heterocycles. The Kier molecular flexibility index (Phi) is 8.63. The van der Waals surface area contributed by atoms with E-state index >= 15 is 0 Å². The first-order valence-corrected chi connectivity index (χ1v) is 16.3. The Labute approximate surface area is 265 Å². The van der Waals surface area contributed by atoms with E-state index in [0.29, 0.717) is 36.6 Å². The van der Waals surface area contributed by atoms with E-state index in [2.05, 4.69) is 35.5 Å². The molecule has 0 radical (unpaired) electrons. The first kappa shape index (κ1) is 32.0. The van der Waals surface area contributed by atoms with E-state index in [-0.39, 0.29) is 19.7 Å². The number of rotatable bonds is 7. The van der Waals surface area contributed by atoms with Crippen molar-refractivity contribution >= 4 is 39.0 Å². The smallest absolute Gasteiger partial charge is 0.327 e. The maximum Gasteiger partial charge on any atom is 0.327 e. The standard InChI is InChI=1S/C32H36N6O5S.CH4/c1-6-36-30-23(29-34-14-15-37(29)28-21(2)9-8-13-33-31(28)36)17-22(18-35-30)12-16-42-26-11-7-10-25-24(26)20-44(40,41)38(25)19-27(39)43-32(3,4)5;/h7-8,10-11,13-15,17-18H,6,9,12,16,19-20H2,1-5H3;1H4. The number of nitrogens with zero attached hydrogens (tertiary/aromatic N) is 6. The fourth-order valence-electron chi connectivity index (χ4n) is 5.74. The summed E-state index contributed by atoms with van der Waals surface area (Å²) in [6.07, 6.45) is 10.8. The van der Waals surface area contributed by atoms with Gasteiger partial charge >= 0.3 is 5.97 Å². The Morgan fingerprint density at radius 2 is 1.96 bits per heavy atom. The van der Waals surface area contributed by atoms with E-state index in [1.54, 1.807) is 45.2 Å². The molecule has 238 valence electrons. The van der Waals surface area contributed by atoms with Crippen LogP contribution < -0.4 is 13.9 Å². The molecule has 0 aliphatic carbocycles. The van der Waals surface area contributed by atoms with Gasteiger partial charge in [0, 0.05) is 43.3 Å². The molecule has 0 bridgehead atoms. The second-order valence-corrected chi connectivity index (χ2v) is 13.8. The first-order valence-electron chi connectivity index (χ1n) is 14.7. The number of hydrogen-bond acceptors (Lipinski definition) is 9. The first-order chi connectivity index (χ1) is 21.0. The van der Waals surface area contributed by atoms with Crippen LogP contribution in [0, 0.1) is 0 Å². The number of ether oxygens (including phenoxy) is 2. The van der Waals surface area contributed by atoms with Crippen LogP contribution in [0.2, 0.25) is 0 Å². The topological polar surface area (TPSA) is 119 Å². The highest BCUT2D eigenvalue weighted by molar-refractivity contribution is 7.92. The molecule has 12 heteroatoms. The van der Waals surface area contributed by atoms with E-state index in [9.17, 15) is 13.2 Å². The molecule has 5 heterocycles. The molecule has 3 aliphatic rings. The predicted molar refractivity (Wildman–Crippen MR) is 177 cm³/mol. The Hall–Kier alpha value is -4.45. The van der Waals surface area contributed by atoms with Crippen LogP contribution >= 0.6 is 0 Å². The van der Waals surface area contributed by atoms with Gasteiger partial charge in [0.15, 0.2) is 5.84 Å². The molecule has 11 nitrogen and oxygen atoms in total. The van der Waals surface area contributed by atoms with Crippen LogP contribution in [0.3, 0.4) is 0 Å². The van der Waals surface area contributed by atoms with Crippen molar-refractivity contribution < 1.29 is 22.7 Å². The molecule has 0 atom stereocenters. The number of anilines is 2. The van der Waals surface area contributed by atoms with Gasteiger partial charge in [0.1, 0.15) is 35.3 Å². The molecule has 0 unspecified atom stereocenters. The normalized spacial score (nSPS) is 16.4. The summed E-state index contributed by atoms with van der Waals surface area (Å²) < 4.78 is 40.8. The zero-order valence-corrected chi connectivity index (χ0v) is 26.4. The van der Waals surface area contributed by atoms with Crippen LogP contribution in [0.5, 0.6) is 5.75 Å². The summed E-state index contributed by atoms with van der Waals surface area (Å²) in [5.74, 6) is 2.05. The summed E-state index contributed by atoms with van der Waals surface area (Å²) in [6.45, 7) is 10.0. The van der Waals surface area contributed by atoms with Gasteiger partial charge in [0.25, 0.3) is 0 Å². The average molecular weight is 633 g/mol. The van der Waals surface area contributed by atoms with Gasteiger partial charge in [-0.05, 0) is 70.4 Å². The fourth-order valence-corrected chi connectivity index (χ4v) is 7.33. The van der Waals surface area contributed by atoms with E-state index < -0.39 is 21.6 Å². The van der Waals surface area contributed by atoms with Crippen molar-refractivity contribution in [2.45, 2.75) is 66.2 Å². The van der Waals surface area contributed by atoms with Crippen molar-refractivity contribution in [1.82, 2.24) is 14.5 Å². The Bertz CT molecular complexity index is 1830. The number of carbonyl (C=O) groups is 1. The highest BCUT2D eigenvalue weighted by Gasteiger charge is 2.37. The van der Waals surface area contributed by atoms with E-state index in [1.807, 2.05) is 18.6 Å². The Balaban J connectivity index is 0.00000400. The number of aliphatic imine (C=N–C) groups is 1. The molecule has 0 saturated heterocycles. The zero-order chi connectivity index (χ0) is 31.2. The summed E-state index contributed by atoms with van der Waals surface area (Å²) in [5, 5.41) is 0. The highest BCUT2D eigenvalue weighted by Crippen LogP contribution is 2.40. The molecule has 6 rings (SSSR count). The van der Waals surface area contributed by atoms with Gasteiger partial charge in [-0.3, -0.25) is 13.7 Å². The van der Waals surface area contributed by atoms with Crippen LogP contribution in [0.25, 0.3) is 17.1 Å². The lowest BCUT2D eigenvalue weighted by Gasteiger charge is -2.24. The van der Waals surface area contributed by atoms with Crippen molar-refractivity contribution in [3.8, 4) is 17.1 Å². The number of carbonyl (C=O) groups excluding carboxylic acids is 1. The molecule has 2 aromatic heterocycles. The van der Waals surface area contributed by atoms with E-state index in [1.165, 1.54) is 5.57 Å². The summed E-state index contributed by atoms with van der Waals surface area (Å²) in [6, 6.07) is 7.27. The highest BCUT2D eigenvalue weighted by atomic mass is 32.2. The number of allylic oxidation sites excluding steroid dienone is 2. The summed E-state index contributed by atoms with van der Waals surface area (Å²) in [4.78, 5) is 29.0. The number of sulfonamides is 1. The molecule has 0 spiro atoms. The van der Waals surface area contributed by atoms with Crippen molar-refractivity contribution in [2.24, 2.45) is 4.99 Å². The lowest BCUT2D eigenvalue weighted by atomic mass is 10.1. The van der Waals surface area contributed by atoms with Gasteiger partial charge in [0.05, 0.1) is 23.6 Å². The van der Waals surface area contributed by atoms with Crippen molar-refractivity contribution in [1.29, 1.82) is 0 Å². The maximum absolute atomic E-state index is 13.0. The number of benzene rings is 1. The largest absolute Gasteiger partial charge is 0.493 e. The molecule has 0 N–H and O–H groups in total.